The van der Waals surface area contributed by atoms with Gasteiger partial charge in [0.05, 0.1) is 0 Å². The van der Waals surface area contributed by atoms with Crippen molar-refractivity contribution in [1.29, 1.82) is 0 Å². The average molecular weight is 482 g/mol. The Morgan fingerprint density at radius 3 is 1.95 bits per heavy atom. The van der Waals surface area contributed by atoms with Crippen LogP contribution in [0.2, 0.25) is 0 Å². The molecule has 0 fully saturated rings. The van der Waals surface area contributed by atoms with Gasteiger partial charge in [-0.15, -0.1) is 11.6 Å². The Labute approximate surface area is 120 Å². The summed E-state index contributed by atoms with van der Waals surface area (Å²) in [7, 11) is 0. The van der Waals surface area contributed by atoms with Crippen LogP contribution in [0.1, 0.15) is 0 Å². The van der Waals surface area contributed by atoms with E-state index in [-0.39, 0.29) is 26.7 Å². The van der Waals surface area contributed by atoms with Gasteiger partial charge in [0.15, 0.2) is 0 Å². The van der Waals surface area contributed by atoms with Crippen molar-refractivity contribution in [3.8, 4) is 0 Å². The molecule has 20 heavy (non-hydrogen) atoms. The van der Waals surface area contributed by atoms with Crippen LogP contribution in [0.25, 0.3) is 0 Å². The summed E-state index contributed by atoms with van der Waals surface area (Å²) in [5.74, 6) is -23.5. The maximum atomic E-state index is 13.4. The molecule has 1 heterocycles. The van der Waals surface area contributed by atoms with Gasteiger partial charge in [0.2, 0.25) is 0 Å². The van der Waals surface area contributed by atoms with E-state index >= 15 is 0 Å². The first kappa shape index (κ1) is 17.3. The molecule has 0 N–H and O–H groups in total. The fraction of sp³-hybridized carbons (Fsp3) is 0.500. The zero-order valence-corrected chi connectivity index (χ0v) is 11.6. The molecule has 2 rings (SSSR count). The quantitative estimate of drug-likeness (QED) is 0.402. The first-order valence-electron chi connectivity index (χ1n) is 4.83. The number of hydrogen-bond acceptors (Lipinski definition) is 1. The van der Waals surface area contributed by atoms with Gasteiger partial charge in [0.1, 0.15) is 0 Å². The predicted octanol–water partition coefficient (Wildman–Crippen LogP) is 3.28. The second-order valence-corrected chi connectivity index (χ2v) is 3.93. The first-order chi connectivity index (χ1) is 8.45. The largest absolute Gasteiger partial charge is 0.378 e. The zero-order chi connectivity index (χ0) is 14.7. The summed E-state index contributed by atoms with van der Waals surface area (Å²) < 4.78 is 104. The van der Waals surface area contributed by atoms with E-state index in [0.717, 1.165) is 12.2 Å². The third-order valence-electron chi connectivity index (χ3n) is 2.68. The Balaban J connectivity index is 0.00000200. The van der Waals surface area contributed by atoms with E-state index in [2.05, 4.69) is 4.99 Å². The Morgan fingerprint density at radius 1 is 0.950 bits per heavy atom. The van der Waals surface area contributed by atoms with Crippen LogP contribution in [0.5, 0.6) is 0 Å². The number of hydrogen-bond donors (Lipinski definition) is 0. The first-order valence-corrected chi connectivity index (χ1v) is 4.83. The van der Waals surface area contributed by atoms with E-state index in [1.54, 1.807) is 0 Å². The van der Waals surface area contributed by atoms with Crippen LogP contribution in [-0.4, -0.2) is 35.9 Å². The molecule has 115 valence electrons. The van der Waals surface area contributed by atoms with Crippen molar-refractivity contribution in [3.63, 3.8) is 0 Å². The fourth-order valence-electron chi connectivity index (χ4n) is 1.62. The smallest absolute Gasteiger partial charge is 0.375 e. The molecule has 0 aromatic heterocycles. The van der Waals surface area contributed by atoms with E-state index in [9.17, 15) is 35.1 Å². The molecule has 1 nitrogen and oxygen atoms in total. The van der Waals surface area contributed by atoms with Crippen molar-refractivity contribution in [1.82, 2.24) is 0 Å². The molecule has 0 spiro atoms. The second kappa shape index (κ2) is 4.62. The summed E-state index contributed by atoms with van der Waals surface area (Å²) in [5, 5.41) is 0. The van der Waals surface area contributed by atoms with E-state index < -0.39 is 35.0 Å². The van der Waals surface area contributed by atoms with Crippen LogP contribution in [0.15, 0.2) is 22.7 Å². The SMILES string of the molecule is FC1(F)[C-]=C(C2=NCC=C2)C(F)(F)C(F)(F)C1(F)F.[Ir]. The number of halogens is 8. The molecule has 0 saturated carbocycles. The molecule has 0 aromatic rings. The summed E-state index contributed by atoms with van der Waals surface area (Å²) in [5.41, 5.74) is -2.91. The third kappa shape index (κ3) is 1.95. The number of rotatable bonds is 1. The molecule has 0 saturated heterocycles. The molecular weight excluding hydrogens is 478 g/mol. The monoisotopic (exact) mass is 483 g/mol. The number of nitrogens with zero attached hydrogens (tertiary/aromatic N) is 1. The fourth-order valence-corrected chi connectivity index (χ4v) is 1.62. The van der Waals surface area contributed by atoms with Crippen molar-refractivity contribution in [2.24, 2.45) is 4.99 Å². The van der Waals surface area contributed by atoms with Crippen LogP contribution < -0.4 is 0 Å². The maximum Gasteiger partial charge on any atom is 0.378 e. The van der Waals surface area contributed by atoms with Crippen LogP contribution in [0.3, 0.4) is 0 Å². The van der Waals surface area contributed by atoms with Crippen LogP contribution in [0.4, 0.5) is 35.1 Å². The Kier molecular flexibility index (Phi) is 4.00. The summed E-state index contributed by atoms with van der Waals surface area (Å²) in [6, 6.07) is 0. The zero-order valence-electron chi connectivity index (χ0n) is 9.17. The van der Waals surface area contributed by atoms with Crippen molar-refractivity contribution in [2.75, 3.05) is 6.54 Å². The Morgan fingerprint density at radius 2 is 1.50 bits per heavy atom. The molecule has 1 aliphatic heterocycles. The van der Waals surface area contributed by atoms with Crippen LogP contribution in [0, 0.1) is 6.08 Å². The van der Waals surface area contributed by atoms with Gasteiger partial charge in [-0.05, 0) is 0 Å². The molecular formula is C10H4F8IrN-. The minimum Gasteiger partial charge on any atom is -0.375 e. The van der Waals surface area contributed by atoms with E-state index in [1.165, 1.54) is 0 Å². The van der Waals surface area contributed by atoms with Gasteiger partial charge in [0.25, 0.3) is 5.92 Å². The van der Waals surface area contributed by atoms with Gasteiger partial charge in [-0.1, -0.05) is 11.8 Å². The average Bonchev–Trinajstić information content (AvgIpc) is 2.76. The normalized spacial score (nSPS) is 28.4. The van der Waals surface area contributed by atoms with Gasteiger partial charge < -0.3 is 4.99 Å². The Hall–Kier alpha value is -0.761. The molecule has 0 amide bonds. The van der Waals surface area contributed by atoms with Gasteiger partial charge in [-0.3, -0.25) is 0 Å². The summed E-state index contributed by atoms with van der Waals surface area (Å²) in [6.45, 7) is -0.190. The van der Waals surface area contributed by atoms with Gasteiger partial charge in [-0.25, -0.2) is 8.78 Å². The molecule has 0 bridgehead atoms. The maximum absolute atomic E-state index is 13.4. The summed E-state index contributed by atoms with van der Waals surface area (Å²) in [4.78, 5) is 3.25. The molecule has 2 aliphatic rings. The molecule has 0 aromatic carbocycles. The van der Waals surface area contributed by atoms with Gasteiger partial charge >= 0.3 is 17.8 Å². The molecule has 0 unspecified atom stereocenters. The number of alkyl halides is 8. The molecule has 1 radical (unpaired) electrons. The third-order valence-corrected chi connectivity index (χ3v) is 2.68. The van der Waals surface area contributed by atoms with E-state index in [0.29, 0.717) is 6.08 Å². The van der Waals surface area contributed by atoms with Gasteiger partial charge in [0, 0.05) is 26.7 Å². The van der Waals surface area contributed by atoms with Crippen molar-refractivity contribution in [2.45, 2.75) is 23.7 Å². The van der Waals surface area contributed by atoms with E-state index in [1.807, 2.05) is 0 Å². The standard InChI is InChI=1S/C10H4F8N.Ir/c11-7(12)4-5(6-2-1-3-19-6)8(13,14)10(17,18)9(7,15)16;/h1-2H,3H2;/q-1;. The number of aliphatic imine (C=N–C) groups is 1. The minimum absolute atomic E-state index is 0. The predicted molar refractivity (Wildman–Crippen MR) is 48.0 cm³/mol. The topological polar surface area (TPSA) is 12.4 Å². The van der Waals surface area contributed by atoms with E-state index in [4.69, 9.17) is 0 Å². The number of allylic oxidation sites excluding steroid dienone is 3. The summed E-state index contributed by atoms with van der Waals surface area (Å²) >= 11 is 0. The van der Waals surface area contributed by atoms with Crippen LogP contribution >= 0.6 is 0 Å². The minimum atomic E-state index is -6.25. The molecule has 10 heteroatoms. The second-order valence-electron chi connectivity index (χ2n) is 3.93. The van der Waals surface area contributed by atoms with Crippen molar-refractivity contribution < 1.29 is 55.2 Å². The van der Waals surface area contributed by atoms with Crippen LogP contribution in [-0.2, 0) is 20.1 Å². The molecule has 1 aliphatic carbocycles. The van der Waals surface area contributed by atoms with Crippen molar-refractivity contribution in [3.05, 3.63) is 23.8 Å². The Bertz CT molecular complexity index is 505. The molecule has 0 atom stereocenters. The summed E-state index contributed by atoms with van der Waals surface area (Å²) in [6.07, 6.45) is 2.39. The van der Waals surface area contributed by atoms with Gasteiger partial charge in [-0.2, -0.15) is 32.4 Å². The van der Waals surface area contributed by atoms with Crippen molar-refractivity contribution >= 4 is 5.71 Å².